The van der Waals surface area contributed by atoms with E-state index in [1.54, 1.807) is 0 Å². The first kappa shape index (κ1) is 32.4. The van der Waals surface area contributed by atoms with E-state index in [0.29, 0.717) is 5.69 Å². The number of β-lactam (4-membered cyclic amide) rings is 1. The van der Waals surface area contributed by atoms with Crippen molar-refractivity contribution in [3.05, 3.63) is 45.7 Å². The second kappa shape index (κ2) is 11.8. The number of oxime groups is 1. The van der Waals surface area contributed by atoms with Crippen LogP contribution in [-0.4, -0.2) is 99.0 Å². The Hall–Kier alpha value is -4.95. The van der Waals surface area contributed by atoms with Gasteiger partial charge in [-0.25, -0.2) is 14.6 Å². The molecule has 9 N–H and O–H groups in total. The summed E-state index contributed by atoms with van der Waals surface area (Å²) in [4.78, 5) is 71.4. The predicted molar refractivity (Wildman–Crippen MR) is 161 cm³/mol. The number of halogens is 1. The summed E-state index contributed by atoms with van der Waals surface area (Å²) in [6, 6.07) is 1.16. The van der Waals surface area contributed by atoms with Crippen molar-refractivity contribution in [2.24, 2.45) is 5.16 Å². The summed E-state index contributed by atoms with van der Waals surface area (Å²) >= 11 is 7.80. The van der Waals surface area contributed by atoms with E-state index < -0.39 is 68.8 Å². The molecule has 0 bridgehead atoms. The Morgan fingerprint density at radius 3 is 2.59 bits per heavy atom. The molecule has 244 valence electrons. The number of phenolic OH excluding ortho intramolecular Hbond substituents is 2. The number of carboxylic acid groups (broad SMARTS) is 2. The van der Waals surface area contributed by atoms with Crippen molar-refractivity contribution in [2.75, 3.05) is 12.3 Å². The Balaban J connectivity index is 1.27. The number of hydrogen-bond donors (Lipinski definition) is 8. The third kappa shape index (κ3) is 5.65. The zero-order valence-corrected chi connectivity index (χ0v) is 26.1. The number of carboxylic acids is 2. The van der Waals surface area contributed by atoms with Gasteiger partial charge in [0.25, 0.3) is 11.8 Å². The molecule has 2 aromatic heterocycles. The van der Waals surface area contributed by atoms with Crippen LogP contribution in [0, 0.1) is 0 Å². The summed E-state index contributed by atoms with van der Waals surface area (Å²) in [6.07, 6.45) is 1.43. The Morgan fingerprint density at radius 2 is 1.98 bits per heavy atom. The van der Waals surface area contributed by atoms with Crippen LogP contribution in [0.1, 0.15) is 35.6 Å². The highest BCUT2D eigenvalue weighted by atomic mass is 35.5. The number of fused-ring (bicyclic) bond motifs is 1. The van der Waals surface area contributed by atoms with Gasteiger partial charge in [-0.15, -0.1) is 11.3 Å². The summed E-state index contributed by atoms with van der Waals surface area (Å²) in [5.74, 6) is -5.95. The molecule has 2 saturated heterocycles. The van der Waals surface area contributed by atoms with E-state index in [-0.39, 0.29) is 34.5 Å². The second-order valence-electron chi connectivity index (χ2n) is 10.5. The molecule has 3 atom stereocenters. The van der Waals surface area contributed by atoms with E-state index in [1.807, 2.05) is 0 Å². The first-order valence-corrected chi connectivity index (χ1v) is 15.2. The fourth-order valence-corrected chi connectivity index (χ4v) is 6.72. The van der Waals surface area contributed by atoms with E-state index >= 15 is 0 Å². The minimum atomic E-state index is -1.81. The first-order valence-electron chi connectivity index (χ1n) is 13.0. The third-order valence-corrected chi connectivity index (χ3v) is 9.75. The average molecular weight is 697 g/mol. The van der Waals surface area contributed by atoms with E-state index in [2.05, 4.69) is 25.9 Å². The normalized spacial score (nSPS) is 21.0. The third-order valence-electron chi connectivity index (χ3n) is 7.04. The highest BCUT2D eigenvalue weighted by Crippen LogP contribution is 2.50. The summed E-state index contributed by atoms with van der Waals surface area (Å²) in [6.45, 7) is 2.09. The Bertz CT molecular complexity index is 1790. The molecule has 2 fully saturated rings. The quantitative estimate of drug-likeness (QED) is 0.0579. The van der Waals surface area contributed by atoms with Crippen molar-refractivity contribution in [2.45, 2.75) is 42.3 Å². The van der Waals surface area contributed by atoms with Crippen LogP contribution >= 0.6 is 34.7 Å². The van der Waals surface area contributed by atoms with Crippen LogP contribution in [0.25, 0.3) is 0 Å². The van der Waals surface area contributed by atoms with Crippen LogP contribution in [0.5, 0.6) is 11.5 Å². The number of nitrogens with one attached hydrogen (secondary N) is 3. The van der Waals surface area contributed by atoms with Gasteiger partial charge in [0.15, 0.2) is 22.3 Å². The molecular formula is C25H25ClN8O10S2. The Morgan fingerprint density at radius 1 is 1.28 bits per heavy atom. The number of phenols is 2. The molecule has 21 heteroatoms. The highest BCUT2D eigenvalue weighted by Gasteiger charge is 2.64. The lowest BCUT2D eigenvalue weighted by molar-refractivity contribution is -0.161. The number of nitrogens with two attached hydrogens (primary N) is 1. The van der Waals surface area contributed by atoms with E-state index in [0.717, 1.165) is 29.2 Å². The van der Waals surface area contributed by atoms with Crippen LogP contribution in [0.4, 0.5) is 5.13 Å². The Labute approximate surface area is 271 Å². The maximum Gasteiger partial charge on any atom is 0.350 e. The fourth-order valence-electron chi connectivity index (χ4n) is 4.37. The number of aliphatic carboxylic acids is 2. The molecule has 0 saturated carbocycles. The van der Waals surface area contributed by atoms with Crippen molar-refractivity contribution < 1.29 is 49.2 Å². The number of carbonyl (C=O) groups excluding carboxylic acids is 3. The largest absolute Gasteiger partial charge is 0.504 e. The number of carbonyl (C=O) groups is 5. The van der Waals surface area contributed by atoms with Crippen molar-refractivity contribution in [3.63, 3.8) is 0 Å². The van der Waals surface area contributed by atoms with Gasteiger partial charge in [0.05, 0.1) is 29.4 Å². The standard InChI is InChI=1S/C25H25ClN8O10S2/c1-24(2,21(40)41)44-32-14(11-7-45-23(27)29-11)18(38)30-15-19(39)33-8-25(22(42)43,46-20(15)33)34-6-9(31-34)5-28-17(37)10-3-4-12(35)16(36)13(10)26/h3-4,6-7,15,20,31,35-36H,5,8H2,1-2H3,(H2,27,29)(H,28,37)(H,30,38)(H,40,41)(H,42,43)/b32-14-/t15?,20-,25?/m1/s1. The summed E-state index contributed by atoms with van der Waals surface area (Å²) in [7, 11) is 0. The summed E-state index contributed by atoms with van der Waals surface area (Å²) < 4.78 is 1.26. The number of anilines is 1. The molecule has 18 nitrogen and oxygen atoms in total. The van der Waals surface area contributed by atoms with Crippen LogP contribution in [0.2, 0.25) is 5.02 Å². The number of aromatic nitrogens is 3. The van der Waals surface area contributed by atoms with Crippen LogP contribution < -0.4 is 16.4 Å². The van der Waals surface area contributed by atoms with Gasteiger partial charge in [0.1, 0.15) is 17.1 Å². The van der Waals surface area contributed by atoms with Crippen LogP contribution in [-0.2, 0) is 35.4 Å². The molecule has 2 unspecified atom stereocenters. The number of rotatable bonds is 11. The first-order chi connectivity index (χ1) is 21.6. The molecule has 1 aromatic carbocycles. The highest BCUT2D eigenvalue weighted by molar-refractivity contribution is 8.01. The molecule has 2 aliphatic rings. The maximum atomic E-state index is 13.3. The minimum Gasteiger partial charge on any atom is -0.504 e. The number of hydrogen-bond acceptors (Lipinski definition) is 13. The number of amides is 3. The minimum absolute atomic E-state index is 0.0252. The van der Waals surface area contributed by atoms with Gasteiger partial charge in [-0.1, -0.05) is 28.5 Å². The van der Waals surface area contributed by atoms with Gasteiger partial charge < -0.3 is 46.5 Å². The summed E-state index contributed by atoms with van der Waals surface area (Å²) in [5.41, 5.74) is 3.72. The number of aromatic hydroxyl groups is 2. The van der Waals surface area contributed by atoms with Crippen LogP contribution in [0.3, 0.4) is 0 Å². The molecule has 4 heterocycles. The smallest absolute Gasteiger partial charge is 0.350 e. The van der Waals surface area contributed by atoms with Gasteiger partial charge in [0, 0.05) is 11.6 Å². The topological polar surface area (TPSA) is 275 Å². The zero-order chi connectivity index (χ0) is 33.7. The molecule has 3 aromatic rings. The fraction of sp³-hybridized carbons (Fsp3) is 0.320. The second-order valence-corrected chi connectivity index (χ2v) is 13.2. The van der Waals surface area contributed by atoms with E-state index in [9.17, 15) is 44.4 Å². The number of H-pyrrole nitrogens is 1. The molecule has 0 aliphatic carbocycles. The number of aromatic amines is 1. The van der Waals surface area contributed by atoms with E-state index in [1.165, 1.54) is 41.1 Å². The van der Waals surface area contributed by atoms with Gasteiger partial charge in [-0.2, -0.15) is 0 Å². The lowest BCUT2D eigenvalue weighted by Gasteiger charge is -2.41. The molecule has 2 aliphatic heterocycles. The molecule has 0 radical (unpaired) electrons. The van der Waals surface area contributed by atoms with Gasteiger partial charge in [-0.05, 0) is 26.0 Å². The van der Waals surface area contributed by atoms with E-state index in [4.69, 9.17) is 22.2 Å². The predicted octanol–water partition coefficient (Wildman–Crippen LogP) is 0.271. The van der Waals surface area contributed by atoms with Gasteiger partial charge in [0.2, 0.25) is 16.4 Å². The average Bonchev–Trinajstić information content (AvgIpc) is 3.56. The van der Waals surface area contributed by atoms with Crippen molar-refractivity contribution >= 4 is 75.2 Å². The molecular weight excluding hydrogens is 672 g/mol. The van der Waals surface area contributed by atoms with Crippen molar-refractivity contribution in [1.29, 1.82) is 0 Å². The number of nitrogens with zero attached hydrogens (tertiary/aromatic N) is 4. The number of thiazole rings is 1. The van der Waals surface area contributed by atoms with Gasteiger partial charge in [-0.3, -0.25) is 24.2 Å². The number of nitrogen functional groups attached to an aromatic ring is 1. The maximum absolute atomic E-state index is 13.3. The lowest BCUT2D eigenvalue weighted by Crippen LogP contribution is -2.68. The number of thioether (sulfide) groups is 1. The monoisotopic (exact) mass is 696 g/mol. The molecule has 5 rings (SSSR count). The van der Waals surface area contributed by atoms with Gasteiger partial charge >= 0.3 is 11.9 Å². The molecule has 46 heavy (non-hydrogen) atoms. The SMILES string of the molecule is CC(C)(O/N=C(\C(=O)NC1C(=O)N2CC(C(=O)O)(n3cc(CNC(=O)c4ccc(O)c(O)c4Cl)[nH]3)S[C@H]12)c1csc(N)n1)C(=O)O. The van der Waals surface area contributed by atoms with Crippen LogP contribution in [0.15, 0.2) is 28.9 Å². The number of benzene rings is 1. The van der Waals surface area contributed by atoms with Crippen molar-refractivity contribution in [3.8, 4) is 11.5 Å². The lowest BCUT2D eigenvalue weighted by atomic mass is 10.1. The summed E-state index contributed by atoms with van der Waals surface area (Å²) in [5, 5.41) is 50.7. The zero-order valence-electron chi connectivity index (χ0n) is 23.7. The Kier molecular flexibility index (Phi) is 8.30. The molecule has 3 amide bonds. The molecule has 0 spiro atoms. The van der Waals surface area contributed by atoms with Crippen molar-refractivity contribution in [1.82, 2.24) is 30.3 Å².